The summed E-state index contributed by atoms with van der Waals surface area (Å²) in [5, 5.41) is 0. The Balaban J connectivity index is 1.71. The third kappa shape index (κ3) is 1.37. The highest BCUT2D eigenvalue weighted by Crippen LogP contribution is 2.67. The third-order valence-corrected chi connectivity index (χ3v) is 6.64. The molecule has 1 aromatic rings. The average molecular weight is 275 g/mol. The lowest BCUT2D eigenvalue weighted by Crippen LogP contribution is -2.32. The highest BCUT2D eigenvalue weighted by Gasteiger charge is 2.61. The quantitative estimate of drug-likeness (QED) is 0.872. The van der Waals surface area contributed by atoms with Gasteiger partial charge in [0.2, 0.25) is 0 Å². The van der Waals surface area contributed by atoms with Crippen LogP contribution in [0.15, 0.2) is 0 Å². The number of ether oxygens (including phenoxy) is 1. The van der Waals surface area contributed by atoms with Crippen molar-refractivity contribution in [3.63, 3.8) is 0 Å². The summed E-state index contributed by atoms with van der Waals surface area (Å²) in [5.41, 5.74) is 9.61. The molecule has 4 nitrogen and oxygen atoms in total. The van der Waals surface area contributed by atoms with E-state index in [0.29, 0.717) is 17.3 Å². The van der Waals surface area contributed by atoms with Gasteiger partial charge < -0.3 is 15.5 Å². The number of aromatic nitrogens is 2. The number of hydrogen-bond acceptors (Lipinski definition) is 3. The van der Waals surface area contributed by atoms with E-state index in [0.717, 1.165) is 25.5 Å². The number of aromatic amines is 1. The third-order valence-electron chi connectivity index (χ3n) is 6.64. The number of nitrogens with one attached hydrogen (secondary N) is 1. The number of nitrogens with zero attached hydrogens (tertiary/aromatic N) is 1. The van der Waals surface area contributed by atoms with Gasteiger partial charge in [0.15, 0.2) is 0 Å². The van der Waals surface area contributed by atoms with E-state index < -0.39 is 0 Å². The van der Waals surface area contributed by atoms with Crippen LogP contribution in [0.2, 0.25) is 0 Å². The second kappa shape index (κ2) is 3.86. The molecular formula is C16H25N3O. The number of fused-ring (bicyclic) bond motifs is 5. The molecule has 4 rings (SSSR count). The molecule has 0 spiro atoms. The Morgan fingerprint density at radius 1 is 1.35 bits per heavy atom. The van der Waals surface area contributed by atoms with Crippen LogP contribution in [0, 0.1) is 11.3 Å². The first-order valence-corrected chi connectivity index (χ1v) is 7.89. The molecule has 2 fully saturated rings. The van der Waals surface area contributed by atoms with Crippen molar-refractivity contribution in [3.05, 3.63) is 17.2 Å². The molecule has 1 aromatic heterocycles. The van der Waals surface area contributed by atoms with E-state index in [1.54, 1.807) is 0 Å². The number of H-pyrrole nitrogens is 1. The Hall–Kier alpha value is -0.870. The molecule has 4 atom stereocenters. The molecule has 2 heterocycles. The predicted molar refractivity (Wildman–Crippen MR) is 77.6 cm³/mol. The summed E-state index contributed by atoms with van der Waals surface area (Å²) in [4.78, 5) is 8.54. The first-order chi connectivity index (χ1) is 9.45. The van der Waals surface area contributed by atoms with E-state index in [1.165, 1.54) is 24.2 Å². The minimum absolute atomic E-state index is 0.00536. The Labute approximate surface area is 120 Å². The minimum Gasteiger partial charge on any atom is -0.381 e. The monoisotopic (exact) mass is 275 g/mol. The standard InChI is InChI=1S/C16H25N3O/c1-15(2)10-4-6-16(15,3)13-12(10)18-14(19-13)11(17)9-5-7-20-8-9/h9-11H,4-8,17H2,1-3H3,(H,18,19). The van der Waals surface area contributed by atoms with E-state index in [4.69, 9.17) is 15.5 Å². The van der Waals surface area contributed by atoms with Gasteiger partial charge in [0.05, 0.1) is 18.3 Å². The summed E-state index contributed by atoms with van der Waals surface area (Å²) in [7, 11) is 0. The first kappa shape index (κ1) is 12.8. The van der Waals surface area contributed by atoms with E-state index in [1.807, 2.05) is 0 Å². The SMILES string of the molecule is CC12CCC(c3[nH]c(C(N)C4CCOC4)nc31)C2(C)C. The molecule has 2 bridgehead atoms. The highest BCUT2D eigenvalue weighted by molar-refractivity contribution is 5.42. The molecule has 1 saturated heterocycles. The van der Waals surface area contributed by atoms with Crippen molar-refractivity contribution in [1.82, 2.24) is 9.97 Å². The van der Waals surface area contributed by atoms with E-state index in [9.17, 15) is 0 Å². The van der Waals surface area contributed by atoms with E-state index >= 15 is 0 Å². The summed E-state index contributed by atoms with van der Waals surface area (Å²) in [6.45, 7) is 8.79. The number of rotatable bonds is 2. The van der Waals surface area contributed by atoms with Crippen LogP contribution in [0.4, 0.5) is 0 Å². The molecule has 3 aliphatic rings. The maximum absolute atomic E-state index is 6.41. The van der Waals surface area contributed by atoms with Crippen LogP contribution in [-0.2, 0) is 10.2 Å². The van der Waals surface area contributed by atoms with Crippen molar-refractivity contribution >= 4 is 0 Å². The molecule has 2 aliphatic carbocycles. The maximum atomic E-state index is 6.41. The minimum atomic E-state index is -0.00536. The smallest absolute Gasteiger partial charge is 0.123 e. The van der Waals surface area contributed by atoms with Gasteiger partial charge in [-0.2, -0.15) is 0 Å². The molecule has 4 unspecified atom stereocenters. The summed E-state index contributed by atoms with van der Waals surface area (Å²) in [6.07, 6.45) is 3.59. The van der Waals surface area contributed by atoms with E-state index in [2.05, 4.69) is 25.8 Å². The molecule has 1 saturated carbocycles. The van der Waals surface area contributed by atoms with Gasteiger partial charge in [0, 0.05) is 29.6 Å². The Morgan fingerprint density at radius 3 is 2.80 bits per heavy atom. The number of hydrogen-bond donors (Lipinski definition) is 2. The summed E-state index contributed by atoms with van der Waals surface area (Å²) in [6, 6.07) is -0.00536. The van der Waals surface area contributed by atoms with Crippen molar-refractivity contribution in [3.8, 4) is 0 Å². The zero-order valence-electron chi connectivity index (χ0n) is 12.7. The fraction of sp³-hybridized carbons (Fsp3) is 0.812. The molecule has 20 heavy (non-hydrogen) atoms. The fourth-order valence-electron chi connectivity index (χ4n) is 4.72. The lowest BCUT2D eigenvalue weighted by atomic mass is 9.70. The highest BCUT2D eigenvalue weighted by atomic mass is 16.5. The van der Waals surface area contributed by atoms with Crippen molar-refractivity contribution in [2.24, 2.45) is 17.1 Å². The zero-order valence-corrected chi connectivity index (χ0v) is 12.7. The normalized spacial score (nSPS) is 39.2. The number of nitrogens with two attached hydrogens (primary N) is 1. The van der Waals surface area contributed by atoms with Gasteiger partial charge >= 0.3 is 0 Å². The first-order valence-electron chi connectivity index (χ1n) is 7.89. The fourth-order valence-corrected chi connectivity index (χ4v) is 4.72. The van der Waals surface area contributed by atoms with Crippen molar-refractivity contribution in [2.75, 3.05) is 13.2 Å². The molecule has 1 aliphatic heterocycles. The van der Waals surface area contributed by atoms with Crippen LogP contribution >= 0.6 is 0 Å². The summed E-state index contributed by atoms with van der Waals surface area (Å²) < 4.78 is 5.46. The Morgan fingerprint density at radius 2 is 2.15 bits per heavy atom. The second-order valence-corrected chi connectivity index (χ2v) is 7.68. The van der Waals surface area contributed by atoms with Gasteiger partial charge in [0.1, 0.15) is 5.82 Å². The van der Waals surface area contributed by atoms with Gasteiger partial charge in [-0.3, -0.25) is 0 Å². The van der Waals surface area contributed by atoms with Crippen molar-refractivity contribution < 1.29 is 4.74 Å². The average Bonchev–Trinajstić information content (AvgIpc) is 3.12. The van der Waals surface area contributed by atoms with Gasteiger partial charge in [0.25, 0.3) is 0 Å². The van der Waals surface area contributed by atoms with Crippen molar-refractivity contribution in [2.45, 2.75) is 57.4 Å². The molecule has 0 amide bonds. The maximum Gasteiger partial charge on any atom is 0.123 e. The molecule has 3 N–H and O–H groups in total. The molecular weight excluding hydrogens is 250 g/mol. The lowest BCUT2D eigenvalue weighted by molar-refractivity contribution is 0.180. The Bertz CT molecular complexity index is 544. The number of imidazole rings is 1. The predicted octanol–water partition coefficient (Wildman–Crippen LogP) is 2.62. The van der Waals surface area contributed by atoms with Crippen LogP contribution in [0.3, 0.4) is 0 Å². The zero-order chi connectivity index (χ0) is 14.1. The van der Waals surface area contributed by atoms with Gasteiger partial charge in [-0.15, -0.1) is 0 Å². The van der Waals surface area contributed by atoms with Crippen molar-refractivity contribution in [1.29, 1.82) is 0 Å². The second-order valence-electron chi connectivity index (χ2n) is 7.68. The Kier molecular flexibility index (Phi) is 2.48. The summed E-state index contributed by atoms with van der Waals surface area (Å²) >= 11 is 0. The molecule has 0 radical (unpaired) electrons. The van der Waals surface area contributed by atoms with Crippen LogP contribution in [-0.4, -0.2) is 23.2 Å². The lowest BCUT2D eigenvalue weighted by Gasteiger charge is -2.34. The summed E-state index contributed by atoms with van der Waals surface area (Å²) in [5.74, 6) is 2.02. The van der Waals surface area contributed by atoms with Gasteiger partial charge in [-0.25, -0.2) is 4.98 Å². The van der Waals surface area contributed by atoms with Crippen LogP contribution in [0.5, 0.6) is 0 Å². The van der Waals surface area contributed by atoms with Crippen LogP contribution < -0.4 is 5.73 Å². The van der Waals surface area contributed by atoms with Gasteiger partial charge in [-0.1, -0.05) is 20.8 Å². The van der Waals surface area contributed by atoms with E-state index in [-0.39, 0.29) is 11.5 Å². The van der Waals surface area contributed by atoms with Crippen LogP contribution in [0.1, 0.15) is 69.2 Å². The molecule has 4 heteroatoms. The van der Waals surface area contributed by atoms with Crippen LogP contribution in [0.25, 0.3) is 0 Å². The largest absolute Gasteiger partial charge is 0.381 e. The van der Waals surface area contributed by atoms with Gasteiger partial charge in [-0.05, 0) is 24.7 Å². The topological polar surface area (TPSA) is 63.9 Å². The molecule has 0 aromatic carbocycles. The molecule has 110 valence electrons.